The van der Waals surface area contributed by atoms with Gasteiger partial charge in [0, 0.05) is 25.3 Å². The van der Waals surface area contributed by atoms with E-state index in [-0.39, 0.29) is 5.91 Å². The molecule has 0 radical (unpaired) electrons. The van der Waals surface area contributed by atoms with Crippen LogP contribution in [-0.2, 0) is 4.79 Å². The Labute approximate surface area is 106 Å². The van der Waals surface area contributed by atoms with E-state index in [0.717, 1.165) is 25.2 Å². The van der Waals surface area contributed by atoms with E-state index in [1.165, 1.54) is 0 Å². The molecule has 0 saturated carbocycles. The van der Waals surface area contributed by atoms with Crippen molar-refractivity contribution in [2.45, 2.75) is 27.2 Å². The van der Waals surface area contributed by atoms with Crippen molar-refractivity contribution in [1.29, 1.82) is 0 Å². The predicted molar refractivity (Wildman–Crippen MR) is 74.9 cm³/mol. The van der Waals surface area contributed by atoms with Crippen molar-refractivity contribution in [3.8, 4) is 0 Å². The Balaban J connectivity index is 0. The van der Waals surface area contributed by atoms with Gasteiger partial charge < -0.3 is 16.0 Å². The zero-order valence-electron chi connectivity index (χ0n) is 11.4. The number of carbonyl (C=O) groups is 1. The highest BCUT2D eigenvalue weighted by molar-refractivity contribution is 5.78. The van der Waals surface area contributed by atoms with Crippen molar-refractivity contribution in [1.82, 2.24) is 16.0 Å². The maximum Gasteiger partial charge on any atom is 0.239 e. The van der Waals surface area contributed by atoms with Crippen molar-refractivity contribution >= 4 is 5.91 Å². The number of nitrogens with one attached hydrogen (secondary N) is 3. The molecule has 0 spiro atoms. The summed E-state index contributed by atoms with van der Waals surface area (Å²) in [5, 5.41) is 8.82. The van der Waals surface area contributed by atoms with Crippen molar-refractivity contribution in [2.75, 3.05) is 26.2 Å². The Hall–Kier alpha value is -1.29. The fraction of sp³-hybridized carbons (Fsp3) is 0.615. The molecule has 3 N–H and O–H groups in total. The smallest absolute Gasteiger partial charge is 0.239 e. The summed E-state index contributed by atoms with van der Waals surface area (Å²) in [6.45, 7) is 15.8. The Bertz CT molecular complexity index is 215. The number of hydrogen-bond acceptors (Lipinski definition) is 3. The minimum atomic E-state index is -0.00926. The number of carbonyl (C=O) groups excluding carboxylic acids is 1. The number of amides is 1. The van der Waals surface area contributed by atoms with Gasteiger partial charge in [-0.1, -0.05) is 33.4 Å². The van der Waals surface area contributed by atoms with Gasteiger partial charge in [-0.25, -0.2) is 0 Å². The summed E-state index contributed by atoms with van der Waals surface area (Å²) < 4.78 is 0. The zero-order valence-corrected chi connectivity index (χ0v) is 11.4. The third-order valence-corrected chi connectivity index (χ3v) is 1.84. The van der Waals surface area contributed by atoms with Gasteiger partial charge in [0.1, 0.15) is 0 Å². The predicted octanol–water partition coefficient (Wildman–Crippen LogP) is 1.42. The maximum atomic E-state index is 11.2. The fourth-order valence-corrected chi connectivity index (χ4v) is 0.887. The molecule has 1 amide bonds. The van der Waals surface area contributed by atoms with E-state index < -0.39 is 0 Å². The molecule has 0 saturated heterocycles. The minimum absolute atomic E-state index is 0.00926. The molecule has 4 nitrogen and oxygen atoms in total. The first-order valence-electron chi connectivity index (χ1n) is 6.20. The van der Waals surface area contributed by atoms with Crippen LogP contribution >= 0.6 is 0 Å². The quantitative estimate of drug-likeness (QED) is 0.423. The lowest BCUT2D eigenvalue weighted by molar-refractivity contribution is -0.120. The third-order valence-electron chi connectivity index (χ3n) is 1.84. The van der Waals surface area contributed by atoms with Crippen LogP contribution in [0, 0.1) is 0 Å². The van der Waals surface area contributed by atoms with Crippen LogP contribution in [0.5, 0.6) is 0 Å². The Morgan fingerprint density at radius 2 is 1.88 bits per heavy atom. The Morgan fingerprint density at radius 3 is 2.41 bits per heavy atom. The summed E-state index contributed by atoms with van der Waals surface area (Å²) in [4.78, 5) is 11.2. The molecule has 4 heteroatoms. The average molecular weight is 241 g/mol. The van der Waals surface area contributed by atoms with Gasteiger partial charge in [-0.2, -0.15) is 0 Å². The molecule has 0 aliphatic rings. The Kier molecular flexibility index (Phi) is 15.6. The van der Waals surface area contributed by atoms with Gasteiger partial charge in [-0.15, -0.1) is 6.58 Å². The maximum absolute atomic E-state index is 11.2. The highest BCUT2D eigenvalue weighted by Gasteiger charge is 1.99. The molecular weight excluding hydrogens is 214 g/mol. The number of allylic oxidation sites excluding steroid dienone is 1. The van der Waals surface area contributed by atoms with Crippen LogP contribution in [0.4, 0.5) is 0 Å². The third kappa shape index (κ3) is 14.7. The minimum Gasteiger partial charge on any atom is -0.380 e. The van der Waals surface area contributed by atoms with Crippen molar-refractivity contribution in [2.24, 2.45) is 0 Å². The molecule has 0 heterocycles. The zero-order chi connectivity index (χ0) is 13.5. The van der Waals surface area contributed by atoms with Crippen LogP contribution in [0.15, 0.2) is 24.9 Å². The van der Waals surface area contributed by atoms with E-state index in [1.807, 2.05) is 20.8 Å². The summed E-state index contributed by atoms with van der Waals surface area (Å²) in [7, 11) is 0. The van der Waals surface area contributed by atoms with Crippen LogP contribution in [0.2, 0.25) is 0 Å². The second kappa shape index (κ2) is 14.7. The van der Waals surface area contributed by atoms with Crippen molar-refractivity contribution in [3.05, 3.63) is 24.9 Å². The standard InChI is InChI=1S/C11H21N3O.C2H6/c1-4-6-12-7-8-13-11(15)9-14-10(3)5-2;1-2/h4,12,14H,1,3,5-9H2,2H3,(H,13,15);1-2H3. The lowest BCUT2D eigenvalue weighted by Gasteiger charge is -2.08. The average Bonchev–Trinajstić information content (AvgIpc) is 2.38. The first kappa shape index (κ1) is 18.1. The molecular formula is C13H27N3O. The molecule has 0 aliphatic carbocycles. The summed E-state index contributed by atoms with van der Waals surface area (Å²) in [5.74, 6) is -0.00926. The van der Waals surface area contributed by atoms with Gasteiger partial charge in [-0.05, 0) is 6.42 Å². The lowest BCUT2D eigenvalue weighted by Crippen LogP contribution is -2.37. The summed E-state index contributed by atoms with van der Waals surface area (Å²) in [6, 6.07) is 0. The van der Waals surface area contributed by atoms with Crippen molar-refractivity contribution < 1.29 is 4.79 Å². The first-order chi connectivity index (χ1) is 8.20. The van der Waals surface area contributed by atoms with Crippen LogP contribution in [0.25, 0.3) is 0 Å². The number of hydrogen-bond donors (Lipinski definition) is 3. The lowest BCUT2D eigenvalue weighted by atomic mass is 10.4. The van der Waals surface area contributed by atoms with Gasteiger partial charge in [0.15, 0.2) is 0 Å². The molecule has 0 bridgehead atoms. The molecule has 0 aromatic carbocycles. The normalized spacial score (nSPS) is 8.65. The van der Waals surface area contributed by atoms with Gasteiger partial charge in [0.2, 0.25) is 5.91 Å². The molecule has 17 heavy (non-hydrogen) atoms. The largest absolute Gasteiger partial charge is 0.380 e. The second-order valence-electron chi connectivity index (χ2n) is 3.15. The highest BCUT2D eigenvalue weighted by atomic mass is 16.1. The molecule has 0 rings (SSSR count). The monoisotopic (exact) mass is 241 g/mol. The summed E-state index contributed by atoms with van der Waals surface area (Å²) in [6.07, 6.45) is 2.63. The van der Waals surface area contributed by atoms with Crippen molar-refractivity contribution in [3.63, 3.8) is 0 Å². The highest BCUT2D eigenvalue weighted by Crippen LogP contribution is 1.87. The van der Waals surface area contributed by atoms with Crippen LogP contribution in [0.1, 0.15) is 27.2 Å². The van der Waals surface area contributed by atoms with Gasteiger partial charge in [-0.3, -0.25) is 4.79 Å². The number of rotatable bonds is 9. The van der Waals surface area contributed by atoms with Crippen LogP contribution in [-0.4, -0.2) is 32.1 Å². The molecule has 0 aliphatic heterocycles. The van der Waals surface area contributed by atoms with Crippen LogP contribution in [0.3, 0.4) is 0 Å². The Morgan fingerprint density at radius 1 is 1.24 bits per heavy atom. The topological polar surface area (TPSA) is 53.2 Å². The summed E-state index contributed by atoms with van der Waals surface area (Å²) >= 11 is 0. The van der Waals surface area contributed by atoms with Crippen LogP contribution < -0.4 is 16.0 Å². The molecule has 0 aromatic rings. The van der Waals surface area contributed by atoms with E-state index in [1.54, 1.807) is 6.08 Å². The first-order valence-corrected chi connectivity index (χ1v) is 6.20. The van der Waals surface area contributed by atoms with Gasteiger partial charge in [0.05, 0.1) is 6.54 Å². The molecule has 100 valence electrons. The molecule has 0 fully saturated rings. The van der Waals surface area contributed by atoms with Gasteiger partial charge >= 0.3 is 0 Å². The van der Waals surface area contributed by atoms with E-state index in [9.17, 15) is 4.79 Å². The van der Waals surface area contributed by atoms with E-state index in [4.69, 9.17) is 0 Å². The molecule has 0 unspecified atom stereocenters. The SMILES string of the molecule is C=CCNCCNC(=O)CNC(=C)CC.CC. The second-order valence-corrected chi connectivity index (χ2v) is 3.15. The molecule has 0 atom stereocenters. The van der Waals surface area contributed by atoms with Gasteiger partial charge in [0.25, 0.3) is 0 Å². The van der Waals surface area contributed by atoms with E-state index >= 15 is 0 Å². The van der Waals surface area contributed by atoms with E-state index in [2.05, 4.69) is 29.1 Å². The fourth-order valence-electron chi connectivity index (χ4n) is 0.887. The van der Waals surface area contributed by atoms with E-state index in [0.29, 0.717) is 13.1 Å². The summed E-state index contributed by atoms with van der Waals surface area (Å²) in [5.41, 5.74) is 0.884. The molecule has 0 aromatic heterocycles.